The zero-order chi connectivity index (χ0) is 15.1. The van der Waals surface area contributed by atoms with Crippen molar-refractivity contribution in [1.82, 2.24) is 0 Å². The number of benzene rings is 1. The molecule has 1 aliphatic rings. The van der Waals surface area contributed by atoms with Gasteiger partial charge in [0.15, 0.2) is 0 Å². The molecule has 0 radical (unpaired) electrons. The van der Waals surface area contributed by atoms with Crippen LogP contribution in [0.5, 0.6) is 0 Å². The van der Waals surface area contributed by atoms with Crippen molar-refractivity contribution in [3.05, 3.63) is 29.3 Å². The Kier molecular flexibility index (Phi) is 3.72. The molecule has 1 fully saturated rings. The van der Waals surface area contributed by atoms with Gasteiger partial charge in [-0.3, -0.25) is 4.99 Å². The largest absolute Gasteiger partial charge is 0.426 e. The molecule has 1 aliphatic heterocycles. The molecule has 0 aromatic heterocycles. The normalized spacial score (nSPS) is 21.3. The third-order valence-electron chi connectivity index (χ3n) is 4.91. The van der Waals surface area contributed by atoms with E-state index in [-0.39, 0.29) is 17.9 Å². The van der Waals surface area contributed by atoms with Gasteiger partial charge in [0.2, 0.25) is 0 Å². The highest BCUT2D eigenvalue weighted by atomic mass is 16.5. The van der Waals surface area contributed by atoms with Crippen LogP contribution >= 0.6 is 0 Å². The number of rotatable bonds is 2. The molecule has 108 valence electrons. The predicted octanol–water partition coefficient (Wildman–Crippen LogP) is 2.36. The van der Waals surface area contributed by atoms with E-state index in [1.807, 2.05) is 0 Å². The minimum atomic E-state index is -0.118. The van der Waals surface area contributed by atoms with Gasteiger partial charge in [-0.25, -0.2) is 0 Å². The van der Waals surface area contributed by atoms with Crippen LogP contribution in [0.15, 0.2) is 23.2 Å². The lowest BCUT2D eigenvalue weighted by Crippen LogP contribution is -2.36. The highest BCUT2D eigenvalue weighted by molar-refractivity contribution is 6.68. The van der Waals surface area contributed by atoms with Crippen LogP contribution in [0.1, 0.15) is 38.8 Å². The van der Waals surface area contributed by atoms with Gasteiger partial charge in [0.25, 0.3) is 0 Å². The molecule has 3 nitrogen and oxygen atoms in total. The first-order valence-electron chi connectivity index (χ1n) is 7.19. The number of aryl methyl sites for hydroxylation is 1. The van der Waals surface area contributed by atoms with E-state index in [0.29, 0.717) is 5.84 Å². The van der Waals surface area contributed by atoms with Crippen molar-refractivity contribution in [3.63, 3.8) is 0 Å². The number of nitrogens with two attached hydrogens (primary N) is 1. The van der Waals surface area contributed by atoms with Crippen LogP contribution in [0.3, 0.4) is 0 Å². The Labute approximate surface area is 122 Å². The quantitative estimate of drug-likeness (QED) is 0.510. The molecule has 2 N–H and O–H groups in total. The van der Waals surface area contributed by atoms with Crippen molar-refractivity contribution >= 4 is 18.2 Å². The number of amidine groups is 1. The van der Waals surface area contributed by atoms with Crippen LogP contribution < -0.4 is 11.2 Å². The van der Waals surface area contributed by atoms with Gasteiger partial charge < -0.3 is 10.4 Å². The maximum Gasteiger partial charge on any atom is 0.327 e. The van der Waals surface area contributed by atoms with E-state index >= 15 is 0 Å². The summed E-state index contributed by atoms with van der Waals surface area (Å²) in [6, 6.07) is 6.37. The summed E-state index contributed by atoms with van der Waals surface area (Å²) < 4.78 is 6.28. The lowest BCUT2D eigenvalue weighted by atomic mass is 9.54. The van der Waals surface area contributed by atoms with Gasteiger partial charge >= 0.3 is 6.92 Å². The molecule has 0 saturated carbocycles. The minimum absolute atomic E-state index is 0.118. The molecule has 0 aliphatic carbocycles. The highest BCUT2D eigenvalue weighted by Crippen LogP contribution is 2.45. The number of hydrogen-bond acceptors (Lipinski definition) is 2. The van der Waals surface area contributed by atoms with Crippen LogP contribution in [-0.2, 0) is 4.65 Å². The Morgan fingerprint density at radius 2 is 1.95 bits per heavy atom. The van der Waals surface area contributed by atoms with Gasteiger partial charge in [0, 0.05) is 12.6 Å². The van der Waals surface area contributed by atoms with Crippen LogP contribution in [-0.4, -0.2) is 25.4 Å². The van der Waals surface area contributed by atoms with Gasteiger partial charge in [-0.2, -0.15) is 0 Å². The molecule has 0 unspecified atom stereocenters. The molecule has 20 heavy (non-hydrogen) atoms. The monoisotopic (exact) mass is 272 g/mol. The summed E-state index contributed by atoms with van der Waals surface area (Å²) in [4.78, 5) is 4.10. The Morgan fingerprint density at radius 1 is 1.30 bits per heavy atom. The second-order valence-electron chi connectivity index (χ2n) is 6.89. The summed E-state index contributed by atoms with van der Waals surface area (Å²) >= 11 is 0. The summed E-state index contributed by atoms with van der Waals surface area (Å²) in [5.41, 5.74) is 9.37. The van der Waals surface area contributed by atoms with E-state index < -0.39 is 0 Å². The fourth-order valence-electron chi connectivity index (χ4n) is 2.69. The van der Waals surface area contributed by atoms with E-state index in [4.69, 9.17) is 10.4 Å². The van der Waals surface area contributed by atoms with E-state index in [0.717, 1.165) is 17.4 Å². The molecule has 0 atom stereocenters. The van der Waals surface area contributed by atoms with Crippen molar-refractivity contribution in [2.75, 3.05) is 7.05 Å². The van der Waals surface area contributed by atoms with Gasteiger partial charge in [-0.1, -0.05) is 32.0 Å². The smallest absolute Gasteiger partial charge is 0.327 e. The van der Waals surface area contributed by atoms with Gasteiger partial charge in [0.1, 0.15) is 5.84 Å². The van der Waals surface area contributed by atoms with Crippen molar-refractivity contribution < 1.29 is 4.65 Å². The standard InChI is InChI=1S/C16H25BN2O/c1-11-7-8-12(9-13(11)14(18)19-6)17-10-15(2,3)16(4,5)20-17/h7-9H,10H2,1-6H3,(H2,18,19). The Balaban J connectivity index is 2.37. The zero-order valence-corrected chi connectivity index (χ0v) is 13.4. The first-order chi connectivity index (χ1) is 9.18. The molecular formula is C16H25BN2O. The van der Waals surface area contributed by atoms with Gasteiger partial charge in [0.05, 0.1) is 5.60 Å². The van der Waals surface area contributed by atoms with E-state index in [1.165, 1.54) is 5.46 Å². The fraction of sp³-hybridized carbons (Fsp3) is 0.562. The summed E-state index contributed by atoms with van der Waals surface area (Å²) in [5, 5.41) is 0. The molecule has 0 bridgehead atoms. The van der Waals surface area contributed by atoms with Crippen LogP contribution in [0.25, 0.3) is 0 Å². The van der Waals surface area contributed by atoms with Crippen LogP contribution in [0.4, 0.5) is 0 Å². The molecule has 4 heteroatoms. The zero-order valence-electron chi connectivity index (χ0n) is 13.4. The van der Waals surface area contributed by atoms with Crippen molar-refractivity contribution in [1.29, 1.82) is 0 Å². The minimum Gasteiger partial charge on any atom is -0.426 e. The summed E-state index contributed by atoms with van der Waals surface area (Å²) in [6.07, 6.45) is 1.02. The molecular weight excluding hydrogens is 247 g/mol. The summed E-state index contributed by atoms with van der Waals surface area (Å²) in [5.74, 6) is 0.584. The summed E-state index contributed by atoms with van der Waals surface area (Å²) in [7, 11) is 1.72. The predicted molar refractivity (Wildman–Crippen MR) is 87.0 cm³/mol. The molecule has 1 saturated heterocycles. The lowest BCUT2D eigenvalue weighted by molar-refractivity contribution is 0.0375. The average Bonchev–Trinajstić information content (AvgIpc) is 2.58. The van der Waals surface area contributed by atoms with Crippen LogP contribution in [0, 0.1) is 12.3 Å². The Bertz CT molecular complexity index is 533. The van der Waals surface area contributed by atoms with Crippen LogP contribution in [0.2, 0.25) is 6.32 Å². The molecule has 0 spiro atoms. The van der Waals surface area contributed by atoms with E-state index in [9.17, 15) is 0 Å². The van der Waals surface area contributed by atoms with Crippen molar-refractivity contribution in [2.45, 2.75) is 46.5 Å². The maximum atomic E-state index is 6.28. The first kappa shape index (κ1) is 15.1. The van der Waals surface area contributed by atoms with Gasteiger partial charge in [-0.05, 0) is 43.5 Å². The summed E-state index contributed by atoms with van der Waals surface area (Å²) in [6.45, 7) is 11.1. The average molecular weight is 272 g/mol. The topological polar surface area (TPSA) is 47.6 Å². The Hall–Kier alpha value is -1.29. The lowest BCUT2D eigenvalue weighted by Gasteiger charge is -2.34. The molecule has 1 heterocycles. The van der Waals surface area contributed by atoms with Crippen molar-refractivity contribution in [2.24, 2.45) is 16.1 Å². The van der Waals surface area contributed by atoms with Gasteiger partial charge in [-0.15, -0.1) is 0 Å². The first-order valence-corrected chi connectivity index (χ1v) is 7.19. The second-order valence-corrected chi connectivity index (χ2v) is 6.89. The van der Waals surface area contributed by atoms with E-state index in [2.05, 4.69) is 57.8 Å². The SMILES string of the molecule is C/N=C(/N)c1cc(B2CC(C)(C)C(C)(C)O2)ccc1C. The third kappa shape index (κ3) is 2.49. The third-order valence-corrected chi connectivity index (χ3v) is 4.91. The number of nitrogens with zero attached hydrogens (tertiary/aromatic N) is 1. The number of hydrogen-bond donors (Lipinski definition) is 1. The Morgan fingerprint density at radius 3 is 2.45 bits per heavy atom. The fourth-order valence-corrected chi connectivity index (χ4v) is 2.69. The van der Waals surface area contributed by atoms with E-state index in [1.54, 1.807) is 7.05 Å². The highest BCUT2D eigenvalue weighted by Gasteiger charge is 2.49. The second kappa shape index (κ2) is 4.92. The molecule has 0 amide bonds. The molecule has 2 rings (SSSR count). The number of aliphatic imine (C=N–C) groups is 1. The molecule has 1 aromatic carbocycles. The van der Waals surface area contributed by atoms with Crippen molar-refractivity contribution in [3.8, 4) is 0 Å². The maximum absolute atomic E-state index is 6.28. The molecule has 1 aromatic rings.